The fourth-order valence-electron chi connectivity index (χ4n) is 2.68. The van der Waals surface area contributed by atoms with Crippen LogP contribution in [0.5, 0.6) is 17.4 Å². The van der Waals surface area contributed by atoms with Crippen LogP contribution in [0.1, 0.15) is 11.1 Å². The molecule has 0 spiro atoms. The van der Waals surface area contributed by atoms with E-state index >= 15 is 0 Å². The standard InChI is InChI=1S/C20H16Cl3F3N2O4/c1-29-18-14(6-13(7-15(18)21)30-5-4-16(22)23)19-28-12(10-32-19)9-31-17-3-2-11(8-27-17)20(24,25)26/h2-4,6-8,12H,5,9-10H2,1H3. The first kappa shape index (κ1) is 24.3. The molecule has 0 saturated heterocycles. The van der Waals surface area contributed by atoms with Gasteiger partial charge < -0.3 is 18.9 Å². The van der Waals surface area contributed by atoms with Gasteiger partial charge in [0.1, 0.15) is 41.9 Å². The van der Waals surface area contributed by atoms with E-state index in [1.54, 1.807) is 12.1 Å². The molecule has 0 aliphatic carbocycles. The maximum Gasteiger partial charge on any atom is 0.417 e. The monoisotopic (exact) mass is 510 g/mol. The van der Waals surface area contributed by atoms with Crippen molar-refractivity contribution in [2.24, 2.45) is 4.99 Å². The molecule has 3 rings (SSSR count). The van der Waals surface area contributed by atoms with Crippen molar-refractivity contribution >= 4 is 40.7 Å². The van der Waals surface area contributed by atoms with Crippen molar-refractivity contribution in [3.05, 3.63) is 57.2 Å². The van der Waals surface area contributed by atoms with E-state index in [0.29, 0.717) is 23.3 Å². The van der Waals surface area contributed by atoms with E-state index < -0.39 is 17.8 Å². The van der Waals surface area contributed by atoms with Gasteiger partial charge in [0, 0.05) is 18.3 Å². The zero-order valence-corrected chi connectivity index (χ0v) is 18.7. The van der Waals surface area contributed by atoms with Crippen molar-refractivity contribution in [3.8, 4) is 17.4 Å². The molecule has 1 atom stereocenters. The van der Waals surface area contributed by atoms with Crippen LogP contribution in [0.2, 0.25) is 5.02 Å². The number of hydrogen-bond donors (Lipinski definition) is 0. The normalized spacial score (nSPS) is 15.6. The summed E-state index contributed by atoms with van der Waals surface area (Å²) >= 11 is 17.4. The molecule has 0 bridgehead atoms. The minimum absolute atomic E-state index is 0.0451. The highest BCUT2D eigenvalue weighted by molar-refractivity contribution is 6.55. The zero-order valence-electron chi connectivity index (χ0n) is 16.5. The molecule has 0 fully saturated rings. The third-order valence-corrected chi connectivity index (χ3v) is 4.73. The molecule has 2 heterocycles. The number of benzene rings is 1. The van der Waals surface area contributed by atoms with Crippen molar-refractivity contribution in [3.63, 3.8) is 0 Å². The second-order valence-electron chi connectivity index (χ2n) is 6.38. The van der Waals surface area contributed by atoms with Crippen LogP contribution >= 0.6 is 34.8 Å². The Hall–Kier alpha value is -2.36. The fourth-order valence-corrected chi connectivity index (χ4v) is 3.09. The first-order valence-electron chi connectivity index (χ1n) is 9.06. The lowest BCUT2D eigenvalue weighted by Gasteiger charge is -2.13. The Balaban J connectivity index is 1.70. The maximum atomic E-state index is 12.6. The fraction of sp³-hybridized carbons (Fsp3) is 0.300. The van der Waals surface area contributed by atoms with Gasteiger partial charge in [-0.25, -0.2) is 9.98 Å². The van der Waals surface area contributed by atoms with E-state index in [-0.39, 0.29) is 41.1 Å². The van der Waals surface area contributed by atoms with E-state index in [0.717, 1.165) is 12.1 Å². The summed E-state index contributed by atoms with van der Waals surface area (Å²) in [5.74, 6) is 1.06. The number of methoxy groups -OCH3 is 1. The third kappa shape index (κ3) is 6.34. The number of rotatable bonds is 8. The van der Waals surface area contributed by atoms with Crippen molar-refractivity contribution in [2.45, 2.75) is 12.2 Å². The van der Waals surface area contributed by atoms with Crippen molar-refractivity contribution < 1.29 is 32.1 Å². The Morgan fingerprint density at radius 2 is 2.03 bits per heavy atom. The highest BCUT2D eigenvalue weighted by atomic mass is 35.5. The van der Waals surface area contributed by atoms with Crippen molar-refractivity contribution in [2.75, 3.05) is 26.9 Å². The van der Waals surface area contributed by atoms with Crippen molar-refractivity contribution in [1.29, 1.82) is 0 Å². The molecule has 12 heteroatoms. The molecule has 172 valence electrons. The zero-order chi connectivity index (χ0) is 23.3. The van der Waals surface area contributed by atoms with Crippen LogP contribution in [0.3, 0.4) is 0 Å². The van der Waals surface area contributed by atoms with Gasteiger partial charge in [0.2, 0.25) is 11.8 Å². The minimum atomic E-state index is -4.46. The summed E-state index contributed by atoms with van der Waals surface area (Å²) in [6.45, 7) is 0.355. The third-order valence-electron chi connectivity index (χ3n) is 4.14. The van der Waals surface area contributed by atoms with Crippen LogP contribution in [0.4, 0.5) is 13.2 Å². The molecule has 6 nitrogen and oxygen atoms in total. The summed E-state index contributed by atoms with van der Waals surface area (Å²) in [4.78, 5) is 8.11. The topological polar surface area (TPSA) is 62.2 Å². The summed E-state index contributed by atoms with van der Waals surface area (Å²) in [7, 11) is 1.45. The lowest BCUT2D eigenvalue weighted by Crippen LogP contribution is -2.17. The summed E-state index contributed by atoms with van der Waals surface area (Å²) in [5.41, 5.74) is -0.393. The molecule has 0 radical (unpaired) electrons. The molecule has 2 aromatic rings. The minimum Gasteiger partial charge on any atom is -0.494 e. The largest absolute Gasteiger partial charge is 0.494 e. The molecule has 0 amide bonds. The van der Waals surface area contributed by atoms with Gasteiger partial charge in [0.05, 0.1) is 23.3 Å². The molecule has 0 saturated carbocycles. The van der Waals surface area contributed by atoms with Gasteiger partial charge in [0.15, 0.2) is 0 Å². The van der Waals surface area contributed by atoms with E-state index in [9.17, 15) is 13.2 Å². The number of pyridine rings is 1. The van der Waals surface area contributed by atoms with Crippen LogP contribution in [0.15, 0.2) is 46.0 Å². The SMILES string of the molecule is COc1c(Cl)cc(OCC=C(Cl)Cl)cc1C1=NC(COc2ccc(C(F)(F)F)cn2)CO1. The molecule has 0 N–H and O–H groups in total. The van der Waals surface area contributed by atoms with Gasteiger partial charge in [0.25, 0.3) is 0 Å². The predicted molar refractivity (Wildman–Crippen MR) is 114 cm³/mol. The Morgan fingerprint density at radius 1 is 1.25 bits per heavy atom. The van der Waals surface area contributed by atoms with E-state index in [2.05, 4.69) is 9.98 Å². The average Bonchev–Trinajstić information content (AvgIpc) is 3.20. The lowest BCUT2D eigenvalue weighted by molar-refractivity contribution is -0.137. The van der Waals surface area contributed by atoms with Crippen LogP contribution in [0.25, 0.3) is 0 Å². The first-order valence-corrected chi connectivity index (χ1v) is 10.2. The smallest absolute Gasteiger partial charge is 0.417 e. The Morgan fingerprint density at radius 3 is 2.66 bits per heavy atom. The highest BCUT2D eigenvalue weighted by Crippen LogP contribution is 2.35. The quantitative estimate of drug-likeness (QED) is 0.456. The highest BCUT2D eigenvalue weighted by Gasteiger charge is 2.31. The molecule has 32 heavy (non-hydrogen) atoms. The van der Waals surface area contributed by atoms with E-state index in [1.807, 2.05) is 0 Å². The Labute approximate surface area is 196 Å². The molecule has 1 aromatic carbocycles. The van der Waals surface area contributed by atoms with Crippen molar-refractivity contribution in [1.82, 2.24) is 4.98 Å². The van der Waals surface area contributed by atoms with Gasteiger partial charge in [-0.3, -0.25) is 0 Å². The summed E-state index contributed by atoms with van der Waals surface area (Å²) in [6, 6.07) is 4.83. The second kappa shape index (κ2) is 10.5. The van der Waals surface area contributed by atoms with Crippen LogP contribution in [0, 0.1) is 0 Å². The molecular formula is C20H16Cl3F3N2O4. The van der Waals surface area contributed by atoms with Crippen LogP contribution in [-0.2, 0) is 10.9 Å². The van der Waals surface area contributed by atoms with Gasteiger partial charge in [-0.05, 0) is 18.2 Å². The Kier molecular flexibility index (Phi) is 7.97. The average molecular weight is 512 g/mol. The van der Waals surface area contributed by atoms with E-state index in [1.165, 1.54) is 13.2 Å². The predicted octanol–water partition coefficient (Wildman–Crippen LogP) is 5.68. The number of aromatic nitrogens is 1. The molecule has 1 unspecified atom stereocenters. The number of alkyl halides is 3. The molecule has 1 aromatic heterocycles. The summed E-state index contributed by atoms with van der Waals surface area (Å²) in [6.07, 6.45) is -2.29. The lowest BCUT2D eigenvalue weighted by atomic mass is 10.2. The Bertz CT molecular complexity index is 1010. The van der Waals surface area contributed by atoms with Gasteiger partial charge in [-0.1, -0.05) is 34.8 Å². The summed E-state index contributed by atoms with van der Waals surface area (Å²) < 4.78 is 59.9. The van der Waals surface area contributed by atoms with Gasteiger partial charge in [-0.15, -0.1) is 0 Å². The van der Waals surface area contributed by atoms with E-state index in [4.69, 9.17) is 53.8 Å². The molecular weight excluding hydrogens is 496 g/mol. The number of hydrogen-bond acceptors (Lipinski definition) is 6. The van der Waals surface area contributed by atoms with Crippen LogP contribution in [-0.4, -0.2) is 43.9 Å². The number of ether oxygens (including phenoxy) is 4. The summed E-state index contributed by atoms with van der Waals surface area (Å²) in [5, 5.41) is 0.279. The first-order chi connectivity index (χ1) is 15.2. The second-order valence-corrected chi connectivity index (χ2v) is 7.80. The van der Waals surface area contributed by atoms with Gasteiger partial charge >= 0.3 is 6.18 Å². The number of aliphatic imine (C=N–C) groups is 1. The number of halogens is 6. The maximum absolute atomic E-state index is 12.6. The molecule has 1 aliphatic heterocycles. The molecule has 1 aliphatic rings. The van der Waals surface area contributed by atoms with Gasteiger partial charge in [-0.2, -0.15) is 13.2 Å². The van der Waals surface area contributed by atoms with Crippen LogP contribution < -0.4 is 14.2 Å². The number of nitrogens with zero attached hydrogens (tertiary/aromatic N) is 2.